The van der Waals surface area contributed by atoms with Crippen molar-refractivity contribution in [2.75, 3.05) is 0 Å². The molecular formula is C39H24N2S2. The number of hydrogen-bond acceptors (Lipinski definition) is 3. The van der Waals surface area contributed by atoms with Crippen LogP contribution in [0.3, 0.4) is 0 Å². The zero-order chi connectivity index (χ0) is 28.1. The summed E-state index contributed by atoms with van der Waals surface area (Å²) in [6, 6.07) is 40.2. The van der Waals surface area contributed by atoms with Crippen molar-refractivity contribution >= 4 is 91.6 Å². The predicted molar refractivity (Wildman–Crippen MR) is 187 cm³/mol. The molecule has 6 aromatic carbocycles. The highest BCUT2D eigenvalue weighted by molar-refractivity contribution is 7.26. The zero-order valence-corrected chi connectivity index (χ0v) is 24.8. The van der Waals surface area contributed by atoms with E-state index < -0.39 is 0 Å². The van der Waals surface area contributed by atoms with Gasteiger partial charge in [-0.25, -0.2) is 4.98 Å². The normalized spacial score (nSPS) is 13.3. The molecule has 9 aromatic rings. The van der Waals surface area contributed by atoms with Crippen molar-refractivity contribution in [1.82, 2.24) is 9.55 Å². The molecule has 4 heteroatoms. The molecule has 0 saturated carbocycles. The van der Waals surface area contributed by atoms with Gasteiger partial charge in [-0.05, 0) is 81.9 Å². The van der Waals surface area contributed by atoms with E-state index in [2.05, 4.69) is 126 Å². The second-order valence-corrected chi connectivity index (χ2v) is 13.5. The molecule has 0 amide bonds. The minimum atomic E-state index is 1.02. The molecule has 0 atom stereocenters. The fraction of sp³-hybridized carbons (Fsp3) is 0.0513. The van der Waals surface area contributed by atoms with E-state index in [1.54, 1.807) is 11.3 Å². The Balaban J connectivity index is 1.23. The van der Waals surface area contributed by atoms with E-state index in [4.69, 9.17) is 4.98 Å². The van der Waals surface area contributed by atoms with Crippen LogP contribution >= 0.6 is 22.7 Å². The summed E-state index contributed by atoms with van der Waals surface area (Å²) in [6.07, 6.45) is 6.72. The third-order valence-corrected chi connectivity index (χ3v) is 11.2. The average Bonchev–Trinajstić information content (AvgIpc) is 3.75. The van der Waals surface area contributed by atoms with Crippen LogP contribution in [0.15, 0.2) is 115 Å². The summed E-state index contributed by atoms with van der Waals surface area (Å²) < 4.78 is 6.32. The molecule has 2 nitrogen and oxygen atoms in total. The van der Waals surface area contributed by atoms with Crippen molar-refractivity contribution in [3.63, 3.8) is 0 Å². The maximum atomic E-state index is 5.38. The number of rotatable bonds is 2. The number of thiazole rings is 1. The molecule has 0 spiro atoms. The van der Waals surface area contributed by atoms with Gasteiger partial charge in [0.05, 0.1) is 15.7 Å². The lowest BCUT2D eigenvalue weighted by Crippen LogP contribution is -2.02. The van der Waals surface area contributed by atoms with Crippen molar-refractivity contribution in [3.8, 4) is 16.3 Å². The minimum absolute atomic E-state index is 1.02. The summed E-state index contributed by atoms with van der Waals surface area (Å²) in [4.78, 5) is 5.38. The van der Waals surface area contributed by atoms with Crippen molar-refractivity contribution < 1.29 is 0 Å². The highest BCUT2D eigenvalue weighted by Crippen LogP contribution is 2.43. The third kappa shape index (κ3) is 3.36. The molecule has 0 unspecified atom stereocenters. The van der Waals surface area contributed by atoms with Crippen molar-refractivity contribution in [2.45, 2.75) is 12.8 Å². The van der Waals surface area contributed by atoms with E-state index in [1.165, 1.54) is 79.7 Å². The van der Waals surface area contributed by atoms with E-state index in [9.17, 15) is 0 Å². The highest BCUT2D eigenvalue weighted by Gasteiger charge is 2.22. The number of fused-ring (bicyclic) bond motifs is 11. The molecule has 3 heterocycles. The molecule has 0 N–H and O–H groups in total. The number of nitrogens with zero attached hydrogens (tertiary/aromatic N) is 2. The number of benzene rings is 6. The molecule has 0 saturated heterocycles. The van der Waals surface area contributed by atoms with Crippen molar-refractivity contribution in [1.29, 1.82) is 0 Å². The lowest BCUT2D eigenvalue weighted by atomic mass is 9.92. The molecule has 1 aliphatic rings. The summed E-state index contributed by atoms with van der Waals surface area (Å²) in [7, 11) is 0. The van der Waals surface area contributed by atoms with Gasteiger partial charge >= 0.3 is 0 Å². The maximum absolute atomic E-state index is 5.38. The van der Waals surface area contributed by atoms with E-state index in [0.717, 1.165) is 23.5 Å². The van der Waals surface area contributed by atoms with Gasteiger partial charge in [-0.3, -0.25) is 4.57 Å². The molecular weight excluding hydrogens is 561 g/mol. The summed E-state index contributed by atoms with van der Waals surface area (Å²) >= 11 is 3.66. The summed E-state index contributed by atoms with van der Waals surface area (Å²) in [5, 5.41) is 10.1. The van der Waals surface area contributed by atoms with Crippen molar-refractivity contribution in [3.05, 3.63) is 127 Å². The lowest BCUT2D eigenvalue weighted by molar-refractivity contribution is 0.885. The van der Waals surface area contributed by atoms with E-state index in [1.807, 2.05) is 11.3 Å². The maximum Gasteiger partial charge on any atom is 0.195 e. The van der Waals surface area contributed by atoms with Crippen LogP contribution in [-0.4, -0.2) is 9.55 Å². The topological polar surface area (TPSA) is 17.8 Å². The average molecular weight is 585 g/mol. The van der Waals surface area contributed by atoms with E-state index >= 15 is 0 Å². The van der Waals surface area contributed by atoms with Gasteiger partial charge in [-0.15, -0.1) is 11.3 Å². The van der Waals surface area contributed by atoms with Crippen LogP contribution in [-0.2, 0) is 6.42 Å². The van der Waals surface area contributed by atoms with E-state index in [-0.39, 0.29) is 0 Å². The van der Waals surface area contributed by atoms with Crippen LogP contribution in [0.1, 0.15) is 17.7 Å². The van der Waals surface area contributed by atoms with Gasteiger partial charge in [0.2, 0.25) is 0 Å². The van der Waals surface area contributed by atoms with Crippen LogP contribution in [0.25, 0.3) is 85.2 Å². The molecule has 43 heavy (non-hydrogen) atoms. The third-order valence-electron chi connectivity index (χ3n) is 9.10. The Bertz CT molecular complexity index is 2630. The first-order chi connectivity index (χ1) is 21.3. The van der Waals surface area contributed by atoms with Gasteiger partial charge in [-0.1, -0.05) is 96.3 Å². The second-order valence-electron chi connectivity index (χ2n) is 11.4. The Labute approximate surface area is 255 Å². The Morgan fingerprint density at radius 3 is 2.35 bits per heavy atom. The number of hydrogen-bond donors (Lipinski definition) is 0. The largest absolute Gasteiger partial charge is 0.289 e. The smallest absolute Gasteiger partial charge is 0.195 e. The van der Waals surface area contributed by atoms with Crippen LogP contribution < -0.4 is 0 Å². The molecule has 0 bridgehead atoms. The van der Waals surface area contributed by atoms with Crippen LogP contribution in [0.4, 0.5) is 0 Å². The Kier molecular flexibility index (Phi) is 4.90. The zero-order valence-electron chi connectivity index (χ0n) is 23.2. The van der Waals surface area contributed by atoms with Gasteiger partial charge < -0.3 is 0 Å². The Morgan fingerprint density at radius 2 is 1.42 bits per heavy atom. The molecule has 0 aliphatic heterocycles. The van der Waals surface area contributed by atoms with Crippen LogP contribution in [0.2, 0.25) is 0 Å². The van der Waals surface area contributed by atoms with Gasteiger partial charge in [0.15, 0.2) is 5.13 Å². The SMILES string of the molecule is C1=Cc2c(n(-c3nc4c(ccc5sc6ccccc6c54)s3)c3ccc(-c4cc5ccccc5c5ccccc45)cc23)CC1. The summed E-state index contributed by atoms with van der Waals surface area (Å²) in [5.41, 5.74) is 7.59. The highest BCUT2D eigenvalue weighted by atomic mass is 32.1. The lowest BCUT2D eigenvalue weighted by Gasteiger charge is -2.11. The van der Waals surface area contributed by atoms with Crippen LogP contribution in [0.5, 0.6) is 0 Å². The summed E-state index contributed by atoms with van der Waals surface area (Å²) in [5.74, 6) is 0. The first-order valence-electron chi connectivity index (χ1n) is 14.8. The fourth-order valence-electron chi connectivity index (χ4n) is 7.19. The predicted octanol–water partition coefficient (Wildman–Crippen LogP) is 11.5. The first kappa shape index (κ1) is 23.8. The molecule has 1 aliphatic carbocycles. The molecule has 10 rings (SSSR count). The van der Waals surface area contributed by atoms with Gasteiger partial charge in [0, 0.05) is 36.8 Å². The van der Waals surface area contributed by atoms with Gasteiger partial charge in [0.1, 0.15) is 0 Å². The monoisotopic (exact) mass is 584 g/mol. The molecule has 0 fully saturated rings. The molecule has 202 valence electrons. The quantitative estimate of drug-likeness (QED) is 0.185. The first-order valence-corrected chi connectivity index (χ1v) is 16.4. The second kappa shape index (κ2) is 8.87. The van der Waals surface area contributed by atoms with Gasteiger partial charge in [-0.2, -0.15) is 0 Å². The summed E-state index contributed by atoms with van der Waals surface area (Å²) in [6.45, 7) is 0. The Morgan fingerprint density at radius 1 is 0.628 bits per heavy atom. The number of thiophene rings is 1. The van der Waals surface area contributed by atoms with Gasteiger partial charge in [0.25, 0.3) is 0 Å². The molecule has 0 radical (unpaired) electrons. The fourth-order valence-corrected chi connectivity index (χ4v) is 9.31. The number of aromatic nitrogens is 2. The number of allylic oxidation sites excluding steroid dienone is 1. The Hall–Kier alpha value is -4.77. The molecule has 3 aromatic heterocycles. The van der Waals surface area contributed by atoms with E-state index in [0.29, 0.717) is 0 Å². The van der Waals surface area contributed by atoms with Crippen molar-refractivity contribution in [2.24, 2.45) is 0 Å². The van der Waals surface area contributed by atoms with Crippen LogP contribution in [0, 0.1) is 0 Å². The standard InChI is InChI=1S/C39H24N2S2/c1-2-10-25-23(9-1)21-30(27-12-4-3-11-26(25)27)24-17-18-33-31(22-24)28-13-5-7-15-32(28)41(33)39-40-38-36(43-39)20-19-35-37(38)29-14-6-8-16-34(29)42-35/h1-6,8-14,16-22H,7,15H2. The minimum Gasteiger partial charge on any atom is -0.289 e.